The lowest BCUT2D eigenvalue weighted by atomic mass is 9.87. The molecule has 1 aromatic rings. The molecule has 1 aliphatic heterocycles. The van der Waals surface area contributed by atoms with Crippen molar-refractivity contribution in [3.8, 4) is 11.8 Å². The largest absolute Gasteiger partial charge is 0.494 e. The molecule has 0 saturated carbocycles. The van der Waals surface area contributed by atoms with E-state index in [4.69, 9.17) is 14.7 Å². The van der Waals surface area contributed by atoms with Crippen LogP contribution in [0, 0.1) is 28.4 Å². The van der Waals surface area contributed by atoms with Crippen molar-refractivity contribution < 1.29 is 18.3 Å². The molecule has 0 amide bonds. The van der Waals surface area contributed by atoms with Gasteiger partial charge in [0.15, 0.2) is 11.6 Å². The quantitative estimate of drug-likeness (QED) is 0.837. The maximum absolute atomic E-state index is 13.9. The zero-order chi connectivity index (χ0) is 14.0. The fraction of sp³-hybridized carbons (Fsp3) is 0.462. The van der Waals surface area contributed by atoms with Gasteiger partial charge in [0, 0.05) is 25.7 Å². The Morgan fingerprint density at radius 2 is 2.11 bits per heavy atom. The molecule has 0 aromatic heterocycles. The number of benzene rings is 1. The smallest absolute Gasteiger partial charge is 0.167 e. The lowest BCUT2D eigenvalue weighted by Gasteiger charge is -2.38. The Morgan fingerprint density at radius 3 is 2.58 bits per heavy atom. The highest BCUT2D eigenvalue weighted by atomic mass is 19.1. The molecule has 1 heterocycles. The molecule has 2 rings (SSSR count). The third-order valence-electron chi connectivity index (χ3n) is 3.17. The van der Waals surface area contributed by atoms with Gasteiger partial charge < -0.3 is 14.4 Å². The summed E-state index contributed by atoms with van der Waals surface area (Å²) in [6, 6.07) is 4.23. The molecule has 0 unspecified atom stereocenters. The summed E-state index contributed by atoms with van der Waals surface area (Å²) in [7, 11) is 2.89. The van der Waals surface area contributed by atoms with Crippen LogP contribution in [0.3, 0.4) is 0 Å². The van der Waals surface area contributed by atoms with Gasteiger partial charge in [-0.15, -0.1) is 0 Å². The first-order valence-corrected chi connectivity index (χ1v) is 5.74. The summed E-state index contributed by atoms with van der Waals surface area (Å²) in [6.07, 6.45) is 0. The molecular formula is C13H14F2N2O2. The molecular weight excluding hydrogens is 254 g/mol. The van der Waals surface area contributed by atoms with E-state index in [-0.39, 0.29) is 18.0 Å². The first-order chi connectivity index (χ1) is 9.01. The minimum Gasteiger partial charge on any atom is -0.494 e. The number of nitriles is 1. The lowest BCUT2D eigenvalue weighted by molar-refractivity contribution is -0.0717. The second-order valence-electron chi connectivity index (χ2n) is 4.68. The molecule has 0 spiro atoms. The predicted molar refractivity (Wildman–Crippen MR) is 65.0 cm³/mol. The number of anilines is 1. The molecule has 1 aliphatic rings. The van der Waals surface area contributed by atoms with Crippen molar-refractivity contribution in [2.45, 2.75) is 0 Å². The Hall–Kier alpha value is -1.87. The van der Waals surface area contributed by atoms with Crippen molar-refractivity contribution in [1.29, 1.82) is 5.26 Å². The average Bonchev–Trinajstić information content (AvgIpc) is 2.35. The van der Waals surface area contributed by atoms with Crippen LogP contribution in [-0.2, 0) is 4.74 Å². The van der Waals surface area contributed by atoms with E-state index in [1.807, 2.05) is 0 Å². The molecule has 0 aliphatic carbocycles. The SMILES string of the molecule is COc1cc(F)c(N(C)CC2(C#N)COC2)cc1F. The van der Waals surface area contributed by atoms with Gasteiger partial charge in [-0.3, -0.25) is 0 Å². The summed E-state index contributed by atoms with van der Waals surface area (Å²) in [4.78, 5) is 1.52. The normalized spacial score (nSPS) is 16.4. The Bertz CT molecular complexity index is 524. The highest BCUT2D eigenvalue weighted by molar-refractivity contribution is 5.51. The maximum atomic E-state index is 13.9. The van der Waals surface area contributed by atoms with E-state index >= 15 is 0 Å². The number of hydrogen-bond acceptors (Lipinski definition) is 4. The highest BCUT2D eigenvalue weighted by Gasteiger charge is 2.40. The van der Waals surface area contributed by atoms with E-state index in [1.165, 1.54) is 12.0 Å². The molecule has 4 nitrogen and oxygen atoms in total. The van der Waals surface area contributed by atoms with Crippen LogP contribution >= 0.6 is 0 Å². The van der Waals surface area contributed by atoms with Crippen molar-refractivity contribution in [2.24, 2.45) is 5.41 Å². The Balaban J connectivity index is 2.22. The van der Waals surface area contributed by atoms with Crippen LogP contribution in [0.1, 0.15) is 0 Å². The Morgan fingerprint density at radius 1 is 1.42 bits per heavy atom. The Kier molecular flexibility index (Phi) is 3.58. The van der Waals surface area contributed by atoms with Gasteiger partial charge in [0.2, 0.25) is 0 Å². The van der Waals surface area contributed by atoms with Gasteiger partial charge in [0.25, 0.3) is 0 Å². The van der Waals surface area contributed by atoms with Gasteiger partial charge in [-0.05, 0) is 0 Å². The van der Waals surface area contributed by atoms with E-state index in [1.54, 1.807) is 7.05 Å². The second-order valence-corrected chi connectivity index (χ2v) is 4.68. The van der Waals surface area contributed by atoms with Crippen LogP contribution in [-0.4, -0.2) is 33.9 Å². The third-order valence-corrected chi connectivity index (χ3v) is 3.17. The number of ether oxygens (including phenoxy) is 2. The standard InChI is InChI=1S/C13H14F2N2O2/c1-17(6-13(5-16)7-19-8-13)11-3-10(15)12(18-2)4-9(11)14/h3-4H,6-8H2,1-2H3. The fourth-order valence-electron chi connectivity index (χ4n) is 2.05. The molecule has 1 aromatic carbocycles. The van der Waals surface area contributed by atoms with E-state index in [9.17, 15) is 8.78 Å². The minimum absolute atomic E-state index is 0.0971. The molecule has 6 heteroatoms. The van der Waals surface area contributed by atoms with Crippen molar-refractivity contribution in [3.05, 3.63) is 23.8 Å². The minimum atomic E-state index is -0.641. The number of nitrogens with zero attached hydrogens (tertiary/aromatic N) is 2. The van der Waals surface area contributed by atoms with Crippen molar-refractivity contribution in [2.75, 3.05) is 38.8 Å². The van der Waals surface area contributed by atoms with Crippen molar-refractivity contribution in [1.82, 2.24) is 0 Å². The lowest BCUT2D eigenvalue weighted by Crippen LogP contribution is -2.49. The monoisotopic (exact) mass is 268 g/mol. The molecule has 102 valence electrons. The van der Waals surface area contributed by atoms with Crippen molar-refractivity contribution >= 4 is 5.69 Å². The number of hydrogen-bond donors (Lipinski definition) is 0. The van der Waals surface area contributed by atoms with Crippen LogP contribution in [0.25, 0.3) is 0 Å². The van der Waals surface area contributed by atoms with Gasteiger partial charge in [-0.25, -0.2) is 8.78 Å². The highest BCUT2D eigenvalue weighted by Crippen LogP contribution is 2.32. The number of methoxy groups -OCH3 is 1. The molecule has 0 radical (unpaired) electrons. The number of rotatable bonds is 4. The average molecular weight is 268 g/mol. The topological polar surface area (TPSA) is 45.5 Å². The summed E-state index contributed by atoms with van der Waals surface area (Å²) >= 11 is 0. The Labute approximate surface area is 110 Å². The molecule has 0 bridgehead atoms. The van der Waals surface area contributed by atoms with E-state index in [0.717, 1.165) is 12.1 Å². The van der Waals surface area contributed by atoms with Gasteiger partial charge in [0.05, 0.1) is 32.1 Å². The summed E-state index contributed by atoms with van der Waals surface area (Å²) < 4.78 is 37.2. The molecule has 1 saturated heterocycles. The maximum Gasteiger partial charge on any atom is 0.167 e. The van der Waals surface area contributed by atoms with Gasteiger partial charge in [0.1, 0.15) is 11.2 Å². The van der Waals surface area contributed by atoms with Gasteiger partial charge >= 0.3 is 0 Å². The summed E-state index contributed by atoms with van der Waals surface area (Å²) in [5.41, 5.74) is -0.544. The van der Waals surface area contributed by atoms with Crippen LogP contribution in [0.4, 0.5) is 14.5 Å². The van der Waals surface area contributed by atoms with Crippen LogP contribution in [0.15, 0.2) is 12.1 Å². The molecule has 0 N–H and O–H groups in total. The van der Waals surface area contributed by atoms with Crippen LogP contribution < -0.4 is 9.64 Å². The summed E-state index contributed by atoms with van der Waals surface area (Å²) in [5, 5.41) is 9.09. The first kappa shape index (κ1) is 13.6. The summed E-state index contributed by atoms with van der Waals surface area (Å²) in [5.74, 6) is -1.37. The fourth-order valence-corrected chi connectivity index (χ4v) is 2.05. The third kappa shape index (κ3) is 2.47. The summed E-state index contributed by atoms with van der Waals surface area (Å²) in [6.45, 7) is 0.911. The van der Waals surface area contributed by atoms with E-state index in [0.29, 0.717) is 13.2 Å². The zero-order valence-corrected chi connectivity index (χ0v) is 10.7. The predicted octanol–water partition coefficient (Wildman–Crippen LogP) is 1.95. The zero-order valence-electron chi connectivity index (χ0n) is 10.7. The molecule has 1 fully saturated rings. The van der Waals surface area contributed by atoms with E-state index < -0.39 is 17.0 Å². The van der Waals surface area contributed by atoms with Crippen molar-refractivity contribution in [3.63, 3.8) is 0 Å². The number of halogens is 2. The van der Waals surface area contributed by atoms with Crippen LogP contribution in [0.2, 0.25) is 0 Å². The van der Waals surface area contributed by atoms with E-state index in [2.05, 4.69) is 6.07 Å². The second kappa shape index (κ2) is 5.02. The molecule has 19 heavy (non-hydrogen) atoms. The van der Waals surface area contributed by atoms with Gasteiger partial charge in [-0.1, -0.05) is 0 Å². The van der Waals surface area contributed by atoms with Gasteiger partial charge in [-0.2, -0.15) is 5.26 Å². The molecule has 0 atom stereocenters. The first-order valence-electron chi connectivity index (χ1n) is 5.74. The van der Waals surface area contributed by atoms with Crippen LogP contribution in [0.5, 0.6) is 5.75 Å².